The number of benzene rings is 2. The Kier molecular flexibility index (Phi) is 15.0. The molecule has 0 heterocycles. The van der Waals surface area contributed by atoms with Crippen molar-refractivity contribution in [3.63, 3.8) is 0 Å². The second kappa shape index (κ2) is 16.3. The third-order valence-corrected chi connectivity index (χ3v) is 6.29. The predicted octanol–water partition coefficient (Wildman–Crippen LogP) is 3.66. The molecule has 0 aliphatic heterocycles. The molecule has 0 unspecified atom stereocenters. The molecule has 0 saturated carbocycles. The molecule has 0 saturated heterocycles. The first-order valence-electron chi connectivity index (χ1n) is 11.5. The van der Waals surface area contributed by atoms with Crippen molar-refractivity contribution in [2.45, 2.75) is 88.9 Å². The van der Waals surface area contributed by atoms with Crippen LogP contribution < -0.4 is 61.2 Å². The van der Waals surface area contributed by atoms with Crippen LogP contribution in [0.4, 0.5) is 0 Å². The zero-order valence-electron chi connectivity index (χ0n) is 19.5. The number of aryl methyl sites for hydroxylation is 1. The molecule has 7 heteroatoms. The number of ether oxygens (including phenoxy) is 1. The molecule has 2 aromatic carbocycles. The van der Waals surface area contributed by atoms with Crippen LogP contribution in [0, 0.1) is 0 Å². The van der Waals surface area contributed by atoms with Crippen LogP contribution >= 0.6 is 0 Å². The minimum absolute atomic E-state index is 0. The molecule has 0 atom stereocenters. The standard InChI is InChI=1S/C25H36O5S.K/c1-2-3-4-5-6-7-8-9-10-11-12-15-21-16-13-17-22(20-21)30-25-23(26)18-14-19-24(25)31(27,28)29;/h13-14,16-20,26H,2-12,15H2,1H3,(H,27,28,29);/q;+1/p-1. The van der Waals surface area contributed by atoms with Crippen molar-refractivity contribution in [3.05, 3.63) is 48.0 Å². The molecule has 0 radical (unpaired) electrons. The average Bonchev–Trinajstić information content (AvgIpc) is 2.73. The second-order valence-electron chi connectivity index (χ2n) is 8.09. The smallest absolute Gasteiger partial charge is 0.870 e. The van der Waals surface area contributed by atoms with E-state index in [2.05, 4.69) is 6.92 Å². The molecule has 2 aromatic rings. The largest absolute Gasteiger partial charge is 1.00 e. The Morgan fingerprint density at radius 3 is 2.00 bits per heavy atom. The molecule has 0 bridgehead atoms. The minimum Gasteiger partial charge on any atom is -0.870 e. The molecule has 0 spiro atoms. The molecule has 5 nitrogen and oxygen atoms in total. The van der Waals surface area contributed by atoms with Crippen LogP contribution in [0.1, 0.15) is 83.1 Å². The third-order valence-electron chi connectivity index (χ3n) is 5.41. The number of hydrogen-bond acceptors (Lipinski definition) is 4. The van der Waals surface area contributed by atoms with E-state index in [0.29, 0.717) is 5.75 Å². The molecule has 0 amide bonds. The van der Waals surface area contributed by atoms with Gasteiger partial charge in [0, 0.05) is 0 Å². The summed E-state index contributed by atoms with van der Waals surface area (Å²) in [6, 6.07) is 10.9. The second-order valence-corrected chi connectivity index (χ2v) is 9.48. The Labute approximate surface area is 236 Å². The molecule has 0 aromatic heterocycles. The SMILES string of the molecule is CCCCCCCCCCCCCc1cccc(Oc2c([O-])cccc2S(=O)(=O)O)c1.[K+]. The fraction of sp³-hybridized carbons (Fsp3) is 0.520. The number of rotatable bonds is 15. The van der Waals surface area contributed by atoms with E-state index < -0.39 is 20.8 Å². The van der Waals surface area contributed by atoms with Crippen molar-refractivity contribution in [1.82, 2.24) is 0 Å². The van der Waals surface area contributed by atoms with E-state index in [1.165, 1.54) is 76.3 Å². The predicted molar refractivity (Wildman–Crippen MR) is 122 cm³/mol. The molecule has 0 aliphatic carbocycles. The maximum Gasteiger partial charge on any atom is 1.00 e. The summed E-state index contributed by atoms with van der Waals surface area (Å²) in [6.45, 7) is 2.24. The van der Waals surface area contributed by atoms with Crippen LogP contribution in [0.15, 0.2) is 47.4 Å². The van der Waals surface area contributed by atoms with Gasteiger partial charge in [-0.1, -0.05) is 101 Å². The average molecular weight is 487 g/mol. The molecule has 2 rings (SSSR count). The van der Waals surface area contributed by atoms with E-state index in [0.717, 1.165) is 24.5 Å². The topological polar surface area (TPSA) is 86.7 Å². The number of hydrogen-bond donors (Lipinski definition) is 1. The van der Waals surface area contributed by atoms with Crippen LogP contribution in [0.25, 0.3) is 0 Å². The number of unbranched alkanes of at least 4 members (excludes halogenated alkanes) is 10. The summed E-state index contributed by atoms with van der Waals surface area (Å²) >= 11 is 0. The van der Waals surface area contributed by atoms with E-state index in [4.69, 9.17) is 4.74 Å². The summed E-state index contributed by atoms with van der Waals surface area (Å²) in [5.41, 5.74) is 1.07. The van der Waals surface area contributed by atoms with Crippen LogP contribution in [0.3, 0.4) is 0 Å². The van der Waals surface area contributed by atoms with Crippen LogP contribution in [-0.2, 0) is 16.5 Å². The quantitative estimate of drug-likeness (QED) is 0.236. The zero-order chi connectivity index (χ0) is 22.5. The fourth-order valence-corrected chi connectivity index (χ4v) is 4.30. The van der Waals surface area contributed by atoms with Crippen LogP contribution in [-0.4, -0.2) is 13.0 Å². The third kappa shape index (κ3) is 11.1. The van der Waals surface area contributed by atoms with Gasteiger partial charge in [0.1, 0.15) is 16.4 Å². The van der Waals surface area contributed by atoms with Gasteiger partial charge in [-0.25, -0.2) is 0 Å². The first-order valence-corrected chi connectivity index (χ1v) is 12.9. The van der Waals surface area contributed by atoms with Gasteiger partial charge in [-0.05, 0) is 36.6 Å². The molecular formula is C25H35KO5S. The van der Waals surface area contributed by atoms with Gasteiger partial charge in [-0.15, -0.1) is 0 Å². The Bertz CT molecular complexity index is 899. The molecule has 1 N–H and O–H groups in total. The molecule has 0 aliphatic rings. The van der Waals surface area contributed by atoms with E-state index >= 15 is 0 Å². The summed E-state index contributed by atoms with van der Waals surface area (Å²) in [6.07, 6.45) is 15.1. The normalized spacial score (nSPS) is 11.2. The molecule has 32 heavy (non-hydrogen) atoms. The number of para-hydroxylation sites is 1. The minimum atomic E-state index is -4.54. The Morgan fingerprint density at radius 1 is 0.844 bits per heavy atom. The van der Waals surface area contributed by atoms with Crippen LogP contribution in [0.5, 0.6) is 17.2 Å². The molecule has 0 fully saturated rings. The molecule has 172 valence electrons. The summed E-state index contributed by atoms with van der Waals surface area (Å²) in [4.78, 5) is -0.518. The Hall–Kier alpha value is -0.414. The monoisotopic (exact) mass is 486 g/mol. The maximum absolute atomic E-state index is 12.1. The van der Waals surface area contributed by atoms with Gasteiger partial charge >= 0.3 is 51.4 Å². The first kappa shape index (κ1) is 29.6. The van der Waals surface area contributed by atoms with Crippen molar-refractivity contribution >= 4 is 10.1 Å². The van der Waals surface area contributed by atoms with E-state index in [9.17, 15) is 18.1 Å². The van der Waals surface area contributed by atoms with Crippen molar-refractivity contribution < 1.29 is 74.2 Å². The fourth-order valence-electron chi connectivity index (χ4n) is 3.68. The van der Waals surface area contributed by atoms with Crippen molar-refractivity contribution in [3.8, 4) is 17.2 Å². The summed E-state index contributed by atoms with van der Waals surface area (Å²) in [5.74, 6) is -0.587. The summed E-state index contributed by atoms with van der Waals surface area (Å²) < 4.78 is 38.0. The van der Waals surface area contributed by atoms with Gasteiger partial charge in [0.05, 0.1) is 0 Å². The van der Waals surface area contributed by atoms with Crippen molar-refractivity contribution in [1.29, 1.82) is 0 Å². The maximum atomic E-state index is 12.1. The first-order chi connectivity index (χ1) is 14.9. The summed E-state index contributed by atoms with van der Waals surface area (Å²) in [7, 11) is -4.54. The van der Waals surface area contributed by atoms with Gasteiger partial charge in [0.15, 0.2) is 0 Å². The van der Waals surface area contributed by atoms with Gasteiger partial charge in [-0.2, -0.15) is 8.42 Å². The van der Waals surface area contributed by atoms with Gasteiger partial charge in [0.25, 0.3) is 10.1 Å². The Balaban J connectivity index is 0.00000512. The van der Waals surface area contributed by atoms with E-state index in [-0.39, 0.29) is 57.1 Å². The van der Waals surface area contributed by atoms with E-state index in [1.54, 1.807) is 6.07 Å². The van der Waals surface area contributed by atoms with Crippen molar-refractivity contribution in [2.75, 3.05) is 0 Å². The van der Waals surface area contributed by atoms with E-state index in [1.807, 2.05) is 18.2 Å². The van der Waals surface area contributed by atoms with Gasteiger partial charge in [-0.3, -0.25) is 4.55 Å². The van der Waals surface area contributed by atoms with Gasteiger partial charge in [0.2, 0.25) is 0 Å². The van der Waals surface area contributed by atoms with Crippen LogP contribution in [0.2, 0.25) is 0 Å². The summed E-state index contributed by atoms with van der Waals surface area (Å²) in [5, 5.41) is 12.1. The van der Waals surface area contributed by atoms with Gasteiger partial charge < -0.3 is 9.84 Å². The molecular weight excluding hydrogens is 451 g/mol. The van der Waals surface area contributed by atoms with Crippen molar-refractivity contribution in [2.24, 2.45) is 0 Å². The Morgan fingerprint density at radius 2 is 1.41 bits per heavy atom. The zero-order valence-corrected chi connectivity index (χ0v) is 23.5.